The van der Waals surface area contributed by atoms with Gasteiger partial charge in [-0.1, -0.05) is 12.6 Å². The molecular formula is C12H16N4O. The average molecular weight is 232 g/mol. The number of nitrogens with zero attached hydrogens (tertiary/aromatic N) is 1. The Hall–Kier alpha value is -2.30. The SMILES string of the molecule is C=C/C(=N/NC)C(=N)c1cccc(N)c1OC. The van der Waals surface area contributed by atoms with Crippen LogP contribution in [0.5, 0.6) is 5.75 Å². The Balaban J connectivity index is 3.25. The van der Waals surface area contributed by atoms with Crippen LogP contribution in [0.4, 0.5) is 5.69 Å². The molecule has 0 amide bonds. The predicted molar refractivity (Wildman–Crippen MR) is 70.9 cm³/mol. The van der Waals surface area contributed by atoms with Crippen molar-refractivity contribution in [1.82, 2.24) is 5.43 Å². The third kappa shape index (κ3) is 2.63. The molecule has 5 nitrogen and oxygen atoms in total. The molecule has 0 aliphatic carbocycles. The Morgan fingerprint density at radius 2 is 2.29 bits per heavy atom. The number of nitrogen functional groups attached to an aromatic ring is 1. The summed E-state index contributed by atoms with van der Waals surface area (Å²) in [6.07, 6.45) is 1.50. The van der Waals surface area contributed by atoms with E-state index in [1.807, 2.05) is 0 Å². The van der Waals surface area contributed by atoms with Crippen molar-refractivity contribution in [2.75, 3.05) is 19.9 Å². The summed E-state index contributed by atoms with van der Waals surface area (Å²) < 4.78 is 5.19. The molecule has 0 radical (unpaired) electrons. The summed E-state index contributed by atoms with van der Waals surface area (Å²) >= 11 is 0. The molecule has 0 unspecified atom stereocenters. The van der Waals surface area contributed by atoms with Crippen molar-refractivity contribution in [3.05, 3.63) is 36.4 Å². The summed E-state index contributed by atoms with van der Waals surface area (Å²) in [6, 6.07) is 5.24. The number of benzene rings is 1. The van der Waals surface area contributed by atoms with Gasteiger partial charge in [-0.2, -0.15) is 5.10 Å². The minimum Gasteiger partial charge on any atom is -0.494 e. The molecular weight excluding hydrogens is 216 g/mol. The first-order valence-corrected chi connectivity index (χ1v) is 5.04. The minimum absolute atomic E-state index is 0.207. The van der Waals surface area contributed by atoms with E-state index in [-0.39, 0.29) is 5.71 Å². The lowest BCUT2D eigenvalue weighted by atomic mass is 10.0. The Morgan fingerprint density at radius 3 is 2.82 bits per heavy atom. The molecule has 0 aromatic heterocycles. The van der Waals surface area contributed by atoms with E-state index in [4.69, 9.17) is 15.9 Å². The van der Waals surface area contributed by atoms with Crippen molar-refractivity contribution in [1.29, 1.82) is 5.41 Å². The molecule has 90 valence electrons. The highest BCUT2D eigenvalue weighted by molar-refractivity contribution is 6.51. The summed E-state index contributed by atoms with van der Waals surface area (Å²) in [7, 11) is 3.18. The number of allylic oxidation sites excluding steroid dienone is 1. The van der Waals surface area contributed by atoms with Crippen LogP contribution in [0.25, 0.3) is 0 Å². The molecule has 0 spiro atoms. The zero-order valence-electron chi connectivity index (χ0n) is 9.95. The largest absolute Gasteiger partial charge is 0.494 e. The molecule has 17 heavy (non-hydrogen) atoms. The lowest BCUT2D eigenvalue weighted by molar-refractivity contribution is 0.416. The fourth-order valence-corrected chi connectivity index (χ4v) is 1.44. The smallest absolute Gasteiger partial charge is 0.151 e. The standard InChI is InChI=1S/C12H16N4O/c1-4-10(16-15-2)11(14)8-6-5-7-9(13)12(8)17-3/h4-7,14-15H,1,13H2,2-3H3/b14-11?,16-10-. The maximum Gasteiger partial charge on any atom is 0.151 e. The van der Waals surface area contributed by atoms with Crippen LogP contribution in [0.15, 0.2) is 36.0 Å². The molecule has 0 bridgehead atoms. The third-order valence-corrected chi connectivity index (χ3v) is 2.20. The van der Waals surface area contributed by atoms with Crippen LogP contribution in [-0.2, 0) is 0 Å². The topological polar surface area (TPSA) is 83.5 Å². The Labute approximate surface area is 100 Å². The number of methoxy groups -OCH3 is 1. The number of nitrogens with one attached hydrogen (secondary N) is 2. The van der Waals surface area contributed by atoms with Gasteiger partial charge in [0.2, 0.25) is 0 Å². The van der Waals surface area contributed by atoms with Crippen LogP contribution in [0.1, 0.15) is 5.56 Å². The number of hydrogen-bond acceptors (Lipinski definition) is 5. The van der Waals surface area contributed by atoms with Gasteiger partial charge in [0.15, 0.2) is 5.75 Å². The number of hydrogen-bond donors (Lipinski definition) is 3. The average Bonchev–Trinajstić information content (AvgIpc) is 2.34. The number of ether oxygens (including phenoxy) is 1. The molecule has 5 heteroatoms. The molecule has 0 heterocycles. The van der Waals surface area contributed by atoms with Gasteiger partial charge in [0.1, 0.15) is 5.71 Å². The number of rotatable bonds is 5. The van der Waals surface area contributed by atoms with E-state index in [0.717, 1.165) is 0 Å². The van der Waals surface area contributed by atoms with Gasteiger partial charge in [-0.25, -0.2) is 0 Å². The fourth-order valence-electron chi connectivity index (χ4n) is 1.44. The van der Waals surface area contributed by atoms with Gasteiger partial charge in [0, 0.05) is 12.6 Å². The normalized spacial score (nSPS) is 10.8. The lowest BCUT2D eigenvalue weighted by Crippen LogP contribution is -2.16. The van der Waals surface area contributed by atoms with Gasteiger partial charge in [-0.15, -0.1) is 0 Å². The van der Waals surface area contributed by atoms with E-state index in [0.29, 0.717) is 22.7 Å². The lowest BCUT2D eigenvalue weighted by Gasteiger charge is -2.11. The summed E-state index contributed by atoms with van der Waals surface area (Å²) in [5.41, 5.74) is 10.1. The van der Waals surface area contributed by atoms with E-state index in [1.54, 1.807) is 25.2 Å². The molecule has 0 atom stereocenters. The highest BCUT2D eigenvalue weighted by Gasteiger charge is 2.14. The number of anilines is 1. The highest BCUT2D eigenvalue weighted by atomic mass is 16.5. The molecule has 1 aromatic rings. The van der Waals surface area contributed by atoms with E-state index in [2.05, 4.69) is 17.1 Å². The van der Waals surface area contributed by atoms with Crippen molar-refractivity contribution in [3.63, 3.8) is 0 Å². The quantitative estimate of drug-likeness (QED) is 0.407. The van der Waals surface area contributed by atoms with Crippen molar-refractivity contribution >= 4 is 17.1 Å². The number of hydrazone groups is 1. The van der Waals surface area contributed by atoms with Crippen LogP contribution in [0.3, 0.4) is 0 Å². The van der Waals surface area contributed by atoms with Gasteiger partial charge in [0.25, 0.3) is 0 Å². The van der Waals surface area contributed by atoms with Crippen LogP contribution in [-0.4, -0.2) is 25.6 Å². The zero-order chi connectivity index (χ0) is 12.8. The Bertz CT molecular complexity index is 466. The first kappa shape index (κ1) is 12.8. The molecule has 0 aliphatic rings. The molecule has 0 saturated heterocycles. The Morgan fingerprint density at radius 1 is 1.59 bits per heavy atom. The maximum absolute atomic E-state index is 8.05. The molecule has 4 N–H and O–H groups in total. The van der Waals surface area contributed by atoms with Crippen LogP contribution < -0.4 is 15.9 Å². The van der Waals surface area contributed by atoms with Crippen LogP contribution >= 0.6 is 0 Å². The van der Waals surface area contributed by atoms with Crippen molar-refractivity contribution in [2.45, 2.75) is 0 Å². The van der Waals surface area contributed by atoms with Crippen molar-refractivity contribution < 1.29 is 4.74 Å². The first-order valence-electron chi connectivity index (χ1n) is 5.04. The number of para-hydroxylation sites is 1. The summed E-state index contributed by atoms with van der Waals surface area (Å²) in [5.74, 6) is 0.475. The second kappa shape index (κ2) is 5.69. The summed E-state index contributed by atoms with van der Waals surface area (Å²) in [4.78, 5) is 0. The zero-order valence-corrected chi connectivity index (χ0v) is 9.95. The van der Waals surface area contributed by atoms with Crippen LogP contribution in [0, 0.1) is 5.41 Å². The molecule has 1 rings (SSSR count). The monoisotopic (exact) mass is 232 g/mol. The van der Waals surface area contributed by atoms with E-state index < -0.39 is 0 Å². The second-order valence-corrected chi connectivity index (χ2v) is 3.23. The molecule has 0 saturated carbocycles. The van der Waals surface area contributed by atoms with Gasteiger partial charge in [0.05, 0.1) is 18.5 Å². The number of nitrogens with two attached hydrogens (primary N) is 1. The van der Waals surface area contributed by atoms with E-state index in [1.165, 1.54) is 13.2 Å². The van der Waals surface area contributed by atoms with Gasteiger partial charge in [-0.05, 0) is 18.2 Å². The summed E-state index contributed by atoms with van der Waals surface area (Å²) in [6.45, 7) is 3.62. The van der Waals surface area contributed by atoms with Gasteiger partial charge < -0.3 is 15.9 Å². The maximum atomic E-state index is 8.05. The van der Waals surface area contributed by atoms with Gasteiger partial charge >= 0.3 is 0 Å². The predicted octanol–water partition coefficient (Wildman–Crippen LogP) is 1.41. The fraction of sp³-hybridized carbons (Fsp3) is 0.167. The first-order chi connectivity index (χ1) is 8.15. The molecule has 0 aliphatic heterocycles. The molecule has 1 aromatic carbocycles. The Kier molecular flexibility index (Phi) is 4.28. The van der Waals surface area contributed by atoms with Crippen LogP contribution in [0.2, 0.25) is 0 Å². The van der Waals surface area contributed by atoms with Crippen molar-refractivity contribution in [2.24, 2.45) is 5.10 Å². The second-order valence-electron chi connectivity index (χ2n) is 3.23. The van der Waals surface area contributed by atoms with Gasteiger partial charge in [-0.3, -0.25) is 5.41 Å². The van der Waals surface area contributed by atoms with E-state index >= 15 is 0 Å². The highest BCUT2D eigenvalue weighted by Crippen LogP contribution is 2.26. The van der Waals surface area contributed by atoms with E-state index in [9.17, 15) is 0 Å². The third-order valence-electron chi connectivity index (χ3n) is 2.20. The molecule has 0 fully saturated rings. The van der Waals surface area contributed by atoms with Crippen molar-refractivity contribution in [3.8, 4) is 5.75 Å². The minimum atomic E-state index is 0.207. The summed E-state index contributed by atoms with van der Waals surface area (Å²) in [5, 5.41) is 12.0.